The molecular weight excluding hydrogens is 378 g/mol. The van der Waals surface area contributed by atoms with Gasteiger partial charge in [-0.25, -0.2) is 15.0 Å². The number of carbonyl (C=O) groups is 1. The highest BCUT2D eigenvalue weighted by Gasteiger charge is 2.23. The Balaban J connectivity index is 1.36. The van der Waals surface area contributed by atoms with Gasteiger partial charge in [0.05, 0.1) is 6.26 Å². The second-order valence-electron chi connectivity index (χ2n) is 7.53. The number of piperidine rings is 1. The van der Waals surface area contributed by atoms with Crippen LogP contribution in [0.3, 0.4) is 0 Å². The zero-order valence-electron chi connectivity index (χ0n) is 17.0. The molecule has 0 saturated carbocycles. The Kier molecular flexibility index (Phi) is 6.17. The third-order valence-electron chi connectivity index (χ3n) is 5.13. The van der Waals surface area contributed by atoms with E-state index in [2.05, 4.69) is 20.3 Å². The number of carbonyl (C=O) groups excluding carboxylic acids is 1. The molecule has 1 fully saturated rings. The SMILES string of the molecule is Cc1cccc(Nc2cc(C[C@@H]3CCCN(C(=O)/C=C/c4ccco4)C3)ncn2)n1. The number of anilines is 2. The molecule has 3 aromatic heterocycles. The molecule has 0 spiro atoms. The van der Waals surface area contributed by atoms with Crippen molar-refractivity contribution in [2.45, 2.75) is 26.2 Å². The van der Waals surface area contributed by atoms with E-state index < -0.39 is 0 Å². The fourth-order valence-electron chi connectivity index (χ4n) is 3.69. The lowest BCUT2D eigenvalue weighted by Gasteiger charge is -2.32. The van der Waals surface area contributed by atoms with E-state index in [1.54, 1.807) is 30.8 Å². The summed E-state index contributed by atoms with van der Waals surface area (Å²) in [5, 5.41) is 3.23. The van der Waals surface area contributed by atoms with Crippen molar-refractivity contribution in [1.82, 2.24) is 19.9 Å². The van der Waals surface area contributed by atoms with Gasteiger partial charge >= 0.3 is 0 Å². The minimum Gasteiger partial charge on any atom is -0.465 e. The lowest BCUT2D eigenvalue weighted by atomic mass is 9.93. The number of nitrogens with zero attached hydrogens (tertiary/aromatic N) is 4. The molecule has 1 atom stereocenters. The van der Waals surface area contributed by atoms with Crippen molar-refractivity contribution in [3.05, 3.63) is 72.2 Å². The quantitative estimate of drug-likeness (QED) is 0.626. The zero-order valence-corrected chi connectivity index (χ0v) is 17.0. The minimum absolute atomic E-state index is 0.0201. The van der Waals surface area contributed by atoms with E-state index in [-0.39, 0.29) is 5.91 Å². The molecule has 30 heavy (non-hydrogen) atoms. The third kappa shape index (κ3) is 5.31. The van der Waals surface area contributed by atoms with Crippen LogP contribution in [0.5, 0.6) is 0 Å². The highest BCUT2D eigenvalue weighted by molar-refractivity contribution is 5.91. The number of aromatic nitrogens is 3. The molecule has 1 aliphatic rings. The highest BCUT2D eigenvalue weighted by Crippen LogP contribution is 2.22. The fourth-order valence-corrected chi connectivity index (χ4v) is 3.69. The number of nitrogens with one attached hydrogen (secondary N) is 1. The van der Waals surface area contributed by atoms with Crippen LogP contribution in [0.2, 0.25) is 0 Å². The van der Waals surface area contributed by atoms with Crippen LogP contribution in [0.25, 0.3) is 6.08 Å². The van der Waals surface area contributed by atoms with E-state index in [9.17, 15) is 4.79 Å². The van der Waals surface area contributed by atoms with Gasteiger partial charge in [-0.05, 0) is 62.4 Å². The Hall–Kier alpha value is -3.48. The summed E-state index contributed by atoms with van der Waals surface area (Å²) < 4.78 is 5.25. The van der Waals surface area contributed by atoms with Gasteiger partial charge in [-0.1, -0.05) is 6.07 Å². The van der Waals surface area contributed by atoms with E-state index in [1.165, 1.54) is 0 Å². The second kappa shape index (κ2) is 9.35. The van der Waals surface area contributed by atoms with Gasteiger partial charge in [-0.15, -0.1) is 0 Å². The van der Waals surface area contributed by atoms with Gasteiger partial charge in [0.1, 0.15) is 23.7 Å². The molecule has 7 heteroatoms. The monoisotopic (exact) mass is 403 g/mol. The summed E-state index contributed by atoms with van der Waals surface area (Å²) in [6.45, 7) is 3.47. The standard InChI is InChI=1S/C23H25N5O2/c1-17-5-2-8-21(26-17)27-22-14-19(24-16-25-22)13-18-6-3-11-28(15-18)23(29)10-9-20-7-4-12-30-20/h2,4-5,7-10,12,14,16,18H,3,6,11,13,15H2,1H3,(H,24,25,26,27)/b10-9+/t18-/m0/s1. The van der Waals surface area contributed by atoms with Crippen LogP contribution in [-0.2, 0) is 11.2 Å². The first-order valence-corrected chi connectivity index (χ1v) is 10.2. The van der Waals surface area contributed by atoms with Crippen molar-refractivity contribution >= 4 is 23.6 Å². The lowest BCUT2D eigenvalue weighted by molar-refractivity contribution is -0.127. The molecule has 0 radical (unpaired) electrons. The van der Waals surface area contributed by atoms with Crippen molar-refractivity contribution < 1.29 is 9.21 Å². The number of pyridine rings is 1. The predicted molar refractivity (Wildman–Crippen MR) is 115 cm³/mol. The molecule has 0 aromatic carbocycles. The normalized spacial score (nSPS) is 16.7. The van der Waals surface area contributed by atoms with Crippen LogP contribution in [0, 0.1) is 12.8 Å². The van der Waals surface area contributed by atoms with Gasteiger partial charge in [0.25, 0.3) is 0 Å². The first kappa shape index (κ1) is 19.8. The summed E-state index contributed by atoms with van der Waals surface area (Å²) in [6, 6.07) is 11.4. The van der Waals surface area contributed by atoms with Gasteiger partial charge in [0.2, 0.25) is 5.91 Å². The largest absolute Gasteiger partial charge is 0.465 e. The molecule has 3 aromatic rings. The molecular formula is C23H25N5O2. The molecule has 0 bridgehead atoms. The van der Waals surface area contributed by atoms with E-state index in [0.29, 0.717) is 11.7 Å². The number of hydrogen-bond acceptors (Lipinski definition) is 6. The highest BCUT2D eigenvalue weighted by atomic mass is 16.3. The number of rotatable bonds is 6. The maximum Gasteiger partial charge on any atom is 0.246 e. The van der Waals surface area contributed by atoms with Crippen LogP contribution >= 0.6 is 0 Å². The number of furan rings is 1. The van der Waals surface area contributed by atoms with Crippen molar-refractivity contribution in [1.29, 1.82) is 0 Å². The van der Waals surface area contributed by atoms with E-state index in [0.717, 1.165) is 55.4 Å². The summed E-state index contributed by atoms with van der Waals surface area (Å²) in [5.74, 6) is 2.56. The maximum atomic E-state index is 12.5. The number of likely N-dealkylation sites (tertiary alicyclic amines) is 1. The van der Waals surface area contributed by atoms with Crippen LogP contribution in [0.15, 0.2) is 59.5 Å². The van der Waals surface area contributed by atoms with E-state index >= 15 is 0 Å². The first-order chi connectivity index (χ1) is 14.7. The van der Waals surface area contributed by atoms with Crippen LogP contribution in [0.1, 0.15) is 30.0 Å². The molecule has 1 saturated heterocycles. The van der Waals surface area contributed by atoms with Crippen molar-refractivity contribution in [2.24, 2.45) is 5.92 Å². The van der Waals surface area contributed by atoms with Crippen LogP contribution in [-0.4, -0.2) is 38.8 Å². The third-order valence-corrected chi connectivity index (χ3v) is 5.13. The van der Waals surface area contributed by atoms with Crippen LogP contribution in [0.4, 0.5) is 11.6 Å². The topological polar surface area (TPSA) is 84.2 Å². The molecule has 4 rings (SSSR count). The Bertz CT molecular complexity index is 1020. The van der Waals surface area contributed by atoms with Gasteiger partial charge in [0, 0.05) is 36.6 Å². The average Bonchev–Trinajstić information content (AvgIpc) is 3.26. The fraction of sp³-hybridized carbons (Fsp3) is 0.304. The first-order valence-electron chi connectivity index (χ1n) is 10.2. The van der Waals surface area contributed by atoms with Gasteiger partial charge < -0.3 is 14.6 Å². The zero-order chi connectivity index (χ0) is 20.8. The molecule has 1 N–H and O–H groups in total. The molecule has 7 nitrogen and oxygen atoms in total. The summed E-state index contributed by atoms with van der Waals surface area (Å²) in [7, 11) is 0. The van der Waals surface area contributed by atoms with Crippen molar-refractivity contribution in [2.75, 3.05) is 18.4 Å². The smallest absolute Gasteiger partial charge is 0.246 e. The Labute approximate surface area is 175 Å². The molecule has 0 aliphatic carbocycles. The Morgan fingerprint density at radius 2 is 2.20 bits per heavy atom. The summed E-state index contributed by atoms with van der Waals surface area (Å²) in [4.78, 5) is 27.6. The molecule has 4 heterocycles. The van der Waals surface area contributed by atoms with Crippen molar-refractivity contribution in [3.8, 4) is 0 Å². The molecule has 1 amide bonds. The molecule has 154 valence electrons. The number of aryl methyl sites for hydroxylation is 1. The summed E-state index contributed by atoms with van der Waals surface area (Å²) in [5.41, 5.74) is 1.91. The summed E-state index contributed by atoms with van der Waals surface area (Å²) in [6.07, 6.45) is 9.36. The van der Waals surface area contributed by atoms with Crippen molar-refractivity contribution in [3.63, 3.8) is 0 Å². The van der Waals surface area contributed by atoms with Gasteiger partial charge in [-0.2, -0.15) is 0 Å². The number of amides is 1. The van der Waals surface area contributed by atoms with E-state index in [1.807, 2.05) is 42.2 Å². The second-order valence-corrected chi connectivity index (χ2v) is 7.53. The van der Waals surface area contributed by atoms with Crippen LogP contribution < -0.4 is 5.32 Å². The average molecular weight is 403 g/mol. The Morgan fingerprint density at radius 1 is 1.27 bits per heavy atom. The molecule has 1 aliphatic heterocycles. The maximum absolute atomic E-state index is 12.5. The van der Waals surface area contributed by atoms with Gasteiger partial charge in [-0.3, -0.25) is 4.79 Å². The van der Waals surface area contributed by atoms with E-state index in [4.69, 9.17) is 4.42 Å². The summed E-state index contributed by atoms with van der Waals surface area (Å²) >= 11 is 0. The number of hydrogen-bond donors (Lipinski definition) is 1. The molecule has 0 unspecified atom stereocenters. The minimum atomic E-state index is 0.0201. The lowest BCUT2D eigenvalue weighted by Crippen LogP contribution is -2.39. The Morgan fingerprint density at radius 3 is 3.03 bits per heavy atom. The predicted octanol–water partition coefficient (Wildman–Crippen LogP) is 4.01. The van der Waals surface area contributed by atoms with Gasteiger partial charge in [0.15, 0.2) is 0 Å².